The number of carbonyl (C=O) groups is 1. The van der Waals surface area contributed by atoms with Crippen LogP contribution in [0.1, 0.15) is 16.7 Å². The van der Waals surface area contributed by atoms with E-state index < -0.39 is 24.3 Å². The molecule has 0 bridgehead atoms. The summed E-state index contributed by atoms with van der Waals surface area (Å²) in [6.45, 7) is -0.474. The van der Waals surface area contributed by atoms with Crippen molar-refractivity contribution in [3.63, 3.8) is 0 Å². The van der Waals surface area contributed by atoms with Crippen molar-refractivity contribution >= 4 is 12.2 Å². The lowest BCUT2D eigenvalue weighted by atomic mass is 10.0. The molecule has 0 atom stereocenters. The molecular formula is C23H18F3NO4. The van der Waals surface area contributed by atoms with Crippen LogP contribution in [0.25, 0.3) is 11.1 Å². The molecule has 0 aliphatic carbocycles. The van der Waals surface area contributed by atoms with Gasteiger partial charge in [-0.15, -0.1) is 0 Å². The normalized spacial score (nSPS) is 11.5. The fourth-order valence-corrected chi connectivity index (χ4v) is 2.70. The molecular weight excluding hydrogens is 411 g/mol. The summed E-state index contributed by atoms with van der Waals surface area (Å²) in [5, 5.41) is 12.1. The average molecular weight is 429 g/mol. The summed E-state index contributed by atoms with van der Waals surface area (Å²) < 4.78 is 44.0. The Morgan fingerprint density at radius 3 is 2.23 bits per heavy atom. The van der Waals surface area contributed by atoms with Crippen molar-refractivity contribution in [3.05, 3.63) is 89.5 Å². The Morgan fingerprint density at radius 1 is 0.968 bits per heavy atom. The molecule has 0 amide bonds. The third kappa shape index (κ3) is 6.60. The smallest absolute Gasteiger partial charge is 0.416 e. The minimum Gasteiger partial charge on any atom is -0.489 e. The zero-order chi connectivity index (χ0) is 22.3. The molecule has 0 saturated heterocycles. The second-order valence-corrected chi connectivity index (χ2v) is 6.53. The number of oxime groups is 1. The van der Waals surface area contributed by atoms with Gasteiger partial charge in [0.05, 0.1) is 11.8 Å². The van der Waals surface area contributed by atoms with Gasteiger partial charge >= 0.3 is 12.1 Å². The van der Waals surface area contributed by atoms with Gasteiger partial charge in [-0.3, -0.25) is 0 Å². The number of ether oxygens (including phenoxy) is 1. The molecule has 3 rings (SSSR count). The van der Waals surface area contributed by atoms with Crippen molar-refractivity contribution < 1.29 is 32.6 Å². The lowest BCUT2D eigenvalue weighted by molar-refractivity contribution is -0.142. The van der Waals surface area contributed by atoms with Crippen molar-refractivity contribution in [1.82, 2.24) is 0 Å². The number of carboxylic acids is 1. The molecule has 5 nitrogen and oxygen atoms in total. The van der Waals surface area contributed by atoms with E-state index >= 15 is 0 Å². The Labute approximate surface area is 176 Å². The minimum atomic E-state index is -4.38. The Hall–Kier alpha value is -3.81. The van der Waals surface area contributed by atoms with Gasteiger partial charge < -0.3 is 14.7 Å². The first-order valence-corrected chi connectivity index (χ1v) is 9.18. The SMILES string of the molecule is O=C(O)CO/N=C/c1ccc(-c2ccc(OCc3cccc(C(F)(F)F)c3)cc2)cc1. The summed E-state index contributed by atoms with van der Waals surface area (Å²) in [6, 6.07) is 19.6. The number of aliphatic carboxylic acids is 1. The molecule has 3 aromatic carbocycles. The first kappa shape index (κ1) is 21.9. The summed E-state index contributed by atoms with van der Waals surface area (Å²) in [5.74, 6) is -0.560. The number of rotatable bonds is 8. The summed E-state index contributed by atoms with van der Waals surface area (Å²) in [6.07, 6.45) is -2.97. The van der Waals surface area contributed by atoms with Crippen LogP contribution in [0, 0.1) is 0 Å². The van der Waals surface area contributed by atoms with Gasteiger partial charge in [0.25, 0.3) is 0 Å². The highest BCUT2D eigenvalue weighted by Gasteiger charge is 2.30. The molecule has 0 aliphatic rings. The van der Waals surface area contributed by atoms with E-state index in [1.54, 1.807) is 30.3 Å². The zero-order valence-corrected chi connectivity index (χ0v) is 16.2. The molecule has 0 aliphatic heterocycles. The van der Waals surface area contributed by atoms with Gasteiger partial charge in [0.2, 0.25) is 6.61 Å². The van der Waals surface area contributed by atoms with Crippen molar-refractivity contribution in [2.45, 2.75) is 12.8 Å². The van der Waals surface area contributed by atoms with Crippen molar-refractivity contribution in [3.8, 4) is 16.9 Å². The molecule has 0 spiro atoms. The highest BCUT2D eigenvalue weighted by molar-refractivity contribution is 5.80. The van der Waals surface area contributed by atoms with E-state index in [-0.39, 0.29) is 6.61 Å². The number of nitrogens with zero attached hydrogens (tertiary/aromatic N) is 1. The molecule has 31 heavy (non-hydrogen) atoms. The number of hydrogen-bond donors (Lipinski definition) is 1. The fourth-order valence-electron chi connectivity index (χ4n) is 2.70. The first-order valence-electron chi connectivity index (χ1n) is 9.18. The van der Waals surface area contributed by atoms with Crippen LogP contribution in [0.2, 0.25) is 0 Å². The predicted molar refractivity (Wildman–Crippen MR) is 109 cm³/mol. The highest BCUT2D eigenvalue weighted by Crippen LogP contribution is 2.30. The van der Waals surface area contributed by atoms with Crippen LogP contribution >= 0.6 is 0 Å². The average Bonchev–Trinajstić information content (AvgIpc) is 2.76. The molecule has 0 saturated carbocycles. The molecule has 0 aromatic heterocycles. The summed E-state index contributed by atoms with van der Waals surface area (Å²) in [4.78, 5) is 15.0. The number of hydrogen-bond acceptors (Lipinski definition) is 4. The van der Waals surface area contributed by atoms with Crippen molar-refractivity contribution in [2.24, 2.45) is 5.16 Å². The van der Waals surface area contributed by atoms with E-state index in [9.17, 15) is 18.0 Å². The van der Waals surface area contributed by atoms with Crippen LogP contribution in [-0.4, -0.2) is 23.9 Å². The van der Waals surface area contributed by atoms with E-state index in [0.717, 1.165) is 28.8 Å². The van der Waals surface area contributed by atoms with E-state index in [2.05, 4.69) is 9.99 Å². The summed E-state index contributed by atoms with van der Waals surface area (Å²) in [7, 11) is 0. The van der Waals surface area contributed by atoms with Gasteiger partial charge in [0, 0.05) is 0 Å². The van der Waals surface area contributed by atoms with Crippen LogP contribution in [0.15, 0.2) is 78.0 Å². The molecule has 0 fully saturated rings. The molecule has 1 N–H and O–H groups in total. The largest absolute Gasteiger partial charge is 0.489 e. The number of halogens is 3. The highest BCUT2D eigenvalue weighted by atomic mass is 19.4. The van der Waals surface area contributed by atoms with E-state index in [0.29, 0.717) is 11.3 Å². The Morgan fingerprint density at radius 2 is 1.61 bits per heavy atom. The van der Waals surface area contributed by atoms with Gasteiger partial charge in [-0.1, -0.05) is 53.7 Å². The van der Waals surface area contributed by atoms with Gasteiger partial charge in [0.1, 0.15) is 12.4 Å². The van der Waals surface area contributed by atoms with Crippen LogP contribution in [0.4, 0.5) is 13.2 Å². The Balaban J connectivity index is 1.58. The topological polar surface area (TPSA) is 68.1 Å². The van der Waals surface area contributed by atoms with Crippen molar-refractivity contribution in [2.75, 3.05) is 6.61 Å². The molecule has 160 valence electrons. The van der Waals surface area contributed by atoms with Gasteiger partial charge in [-0.25, -0.2) is 4.79 Å². The Bertz CT molecular complexity index is 1050. The lowest BCUT2D eigenvalue weighted by Crippen LogP contribution is -2.06. The van der Waals surface area contributed by atoms with E-state index in [4.69, 9.17) is 9.84 Å². The zero-order valence-electron chi connectivity index (χ0n) is 16.2. The van der Waals surface area contributed by atoms with Gasteiger partial charge in [0.15, 0.2) is 0 Å². The van der Waals surface area contributed by atoms with E-state index in [1.807, 2.05) is 24.3 Å². The standard InChI is InChI=1S/C23H18F3NO4/c24-23(25,26)20-3-1-2-17(12-20)14-30-21-10-8-19(9-11-21)18-6-4-16(5-7-18)13-27-31-15-22(28)29/h1-13H,14-15H2,(H,28,29)/b27-13+. The summed E-state index contributed by atoms with van der Waals surface area (Å²) in [5.41, 5.74) is 2.34. The third-order valence-corrected chi connectivity index (χ3v) is 4.22. The number of alkyl halides is 3. The van der Waals surface area contributed by atoms with Crippen molar-refractivity contribution in [1.29, 1.82) is 0 Å². The van der Waals surface area contributed by atoms with Gasteiger partial charge in [-0.2, -0.15) is 13.2 Å². The quantitative estimate of drug-likeness (QED) is 0.385. The fraction of sp³-hybridized carbons (Fsp3) is 0.130. The van der Waals surface area contributed by atoms with Crippen LogP contribution in [0.3, 0.4) is 0 Å². The molecule has 8 heteroatoms. The Kier molecular flexibility index (Phi) is 6.92. The second-order valence-electron chi connectivity index (χ2n) is 6.53. The maximum atomic E-state index is 12.8. The number of carboxylic acid groups (broad SMARTS) is 1. The third-order valence-electron chi connectivity index (χ3n) is 4.22. The molecule has 0 radical (unpaired) electrons. The minimum absolute atomic E-state index is 0.0290. The maximum Gasteiger partial charge on any atom is 0.416 e. The number of benzene rings is 3. The molecule has 0 heterocycles. The lowest BCUT2D eigenvalue weighted by Gasteiger charge is -2.10. The van der Waals surface area contributed by atoms with E-state index in [1.165, 1.54) is 12.3 Å². The maximum absolute atomic E-state index is 12.8. The molecule has 0 unspecified atom stereocenters. The summed E-state index contributed by atoms with van der Waals surface area (Å²) >= 11 is 0. The van der Waals surface area contributed by atoms with Gasteiger partial charge in [-0.05, 0) is 46.5 Å². The van der Waals surface area contributed by atoms with Crippen LogP contribution in [-0.2, 0) is 22.4 Å². The van der Waals surface area contributed by atoms with Crippen LogP contribution in [0.5, 0.6) is 5.75 Å². The molecule has 3 aromatic rings. The van der Waals surface area contributed by atoms with Crippen LogP contribution < -0.4 is 4.74 Å². The predicted octanol–water partition coefficient (Wildman–Crippen LogP) is 5.39. The first-order chi connectivity index (χ1) is 14.8. The second kappa shape index (κ2) is 9.80. The monoisotopic (exact) mass is 429 g/mol.